The van der Waals surface area contributed by atoms with E-state index in [9.17, 15) is 33.2 Å². The number of anilines is 1. The van der Waals surface area contributed by atoms with Crippen molar-refractivity contribution < 1.29 is 33.1 Å². The molecule has 0 amide bonds. The highest BCUT2D eigenvalue weighted by molar-refractivity contribution is 7.80. The number of nitrogens with one attached hydrogen (secondary N) is 2. The maximum Gasteiger partial charge on any atom is 0.416 e. The molecule has 3 aromatic rings. The van der Waals surface area contributed by atoms with Gasteiger partial charge in [0.25, 0.3) is 5.69 Å². The van der Waals surface area contributed by atoms with Gasteiger partial charge in [0.05, 0.1) is 26.6 Å². The molecule has 1 heterocycles. The molecule has 0 aliphatic carbocycles. The number of halogens is 3. The van der Waals surface area contributed by atoms with Gasteiger partial charge in [0.1, 0.15) is 11.3 Å². The topological polar surface area (TPSA) is 137 Å². The third kappa shape index (κ3) is 5.91. The maximum atomic E-state index is 12.8. The molecule has 0 bridgehead atoms. The number of rotatable bonds is 6. The number of nitrogens with zero attached hydrogens (tertiary/aromatic N) is 2. The van der Waals surface area contributed by atoms with Crippen LogP contribution in [0.4, 0.5) is 24.5 Å². The summed E-state index contributed by atoms with van der Waals surface area (Å²) in [4.78, 5) is 21.7. The lowest BCUT2D eigenvalue weighted by Gasteiger charge is -2.09. The normalized spacial score (nSPS) is 11.7. The average molecular weight is 525 g/mol. The molecule has 0 spiro atoms. The van der Waals surface area contributed by atoms with E-state index in [1.807, 2.05) is 0 Å². The number of nitro groups is 1. The number of benzene rings is 2. The van der Waals surface area contributed by atoms with E-state index in [1.54, 1.807) is 12.3 Å². The Kier molecular flexibility index (Phi) is 7.36. The van der Waals surface area contributed by atoms with Gasteiger partial charge < -0.3 is 15.5 Å². The first-order valence-corrected chi connectivity index (χ1v) is 10.8. The van der Waals surface area contributed by atoms with Crippen molar-refractivity contribution in [3.8, 4) is 16.2 Å². The van der Waals surface area contributed by atoms with Crippen LogP contribution in [0.1, 0.15) is 28.4 Å². The van der Waals surface area contributed by atoms with Crippen LogP contribution in [-0.2, 0) is 6.18 Å². The monoisotopic (exact) mass is 524 g/mol. The summed E-state index contributed by atoms with van der Waals surface area (Å²) in [5, 5.41) is 38.9. The molecule has 3 rings (SSSR count). The van der Waals surface area contributed by atoms with Crippen molar-refractivity contribution in [2.75, 3.05) is 5.32 Å². The number of aromatic carboxylic acids is 1. The van der Waals surface area contributed by atoms with Crippen molar-refractivity contribution in [2.45, 2.75) is 13.1 Å². The number of carbonyl (C=O) groups is 1. The fraction of sp³-hybridized carbons (Fsp3) is 0.0952. The Morgan fingerprint density at radius 3 is 2.40 bits per heavy atom. The molecule has 0 unspecified atom stereocenters. The number of carboxylic acid groups (broad SMARTS) is 1. The van der Waals surface area contributed by atoms with Crippen LogP contribution in [0.3, 0.4) is 0 Å². The van der Waals surface area contributed by atoms with Crippen molar-refractivity contribution >= 4 is 51.7 Å². The van der Waals surface area contributed by atoms with Crippen molar-refractivity contribution in [2.24, 2.45) is 5.10 Å². The Morgan fingerprint density at radius 1 is 1.17 bits per heavy atom. The number of hydrogen-bond acceptors (Lipinski definition) is 7. The van der Waals surface area contributed by atoms with Gasteiger partial charge in [-0.25, -0.2) is 4.79 Å². The molecule has 0 saturated heterocycles. The molecule has 0 aliphatic rings. The van der Waals surface area contributed by atoms with Crippen molar-refractivity contribution in [1.82, 2.24) is 5.43 Å². The number of alkyl halides is 3. The van der Waals surface area contributed by atoms with E-state index < -0.39 is 33.9 Å². The highest BCUT2D eigenvalue weighted by atomic mass is 32.1. The van der Waals surface area contributed by atoms with Gasteiger partial charge >= 0.3 is 12.1 Å². The molecule has 1 aromatic heterocycles. The Balaban J connectivity index is 1.72. The average Bonchev–Trinajstić information content (AvgIpc) is 3.18. The van der Waals surface area contributed by atoms with Gasteiger partial charge in [0, 0.05) is 17.1 Å². The largest absolute Gasteiger partial charge is 0.506 e. The number of nitro benzene ring substituents is 1. The van der Waals surface area contributed by atoms with Gasteiger partial charge in [-0.2, -0.15) is 18.3 Å². The highest BCUT2D eigenvalue weighted by Gasteiger charge is 2.30. The Bertz CT molecular complexity index is 1340. The van der Waals surface area contributed by atoms with Gasteiger partial charge in [-0.15, -0.1) is 11.3 Å². The number of carboxylic acids is 1. The van der Waals surface area contributed by atoms with E-state index in [4.69, 9.17) is 17.3 Å². The molecule has 0 atom stereocenters. The summed E-state index contributed by atoms with van der Waals surface area (Å²) in [5.41, 5.74) is 1.77. The van der Waals surface area contributed by atoms with E-state index in [0.29, 0.717) is 21.7 Å². The summed E-state index contributed by atoms with van der Waals surface area (Å²) in [6.07, 6.45) is -4.47. The summed E-state index contributed by atoms with van der Waals surface area (Å²) < 4.78 is 38.3. The highest BCUT2D eigenvalue weighted by Crippen LogP contribution is 2.40. The van der Waals surface area contributed by atoms with Gasteiger partial charge in [0.15, 0.2) is 5.11 Å². The standard InChI is InChI=1S/C21H15F3N4O5S2/c1-10(15-9-35-18(17(15)29)11-2-4-12(5-3-11)21(22,23)24)26-27-20(34)25-13-6-7-14(19(30)31)16(8-13)28(32)33/h2-9,29H,1H3,(H,30,31)(H2,25,27,34)/b26-10-. The molecule has 0 aliphatic heterocycles. The van der Waals surface area contributed by atoms with Crippen molar-refractivity contribution in [1.29, 1.82) is 0 Å². The summed E-state index contributed by atoms with van der Waals surface area (Å²) in [6.45, 7) is 1.56. The minimum absolute atomic E-state index is 0.0700. The quantitative estimate of drug-likeness (QED) is 0.144. The molecule has 4 N–H and O–H groups in total. The second-order valence-corrected chi connectivity index (χ2v) is 8.25. The van der Waals surface area contributed by atoms with Crippen LogP contribution in [0.5, 0.6) is 5.75 Å². The molecule has 2 aromatic carbocycles. The number of aromatic hydroxyl groups is 1. The van der Waals surface area contributed by atoms with Crippen LogP contribution in [0.25, 0.3) is 10.4 Å². The minimum Gasteiger partial charge on any atom is -0.506 e. The molecule has 14 heteroatoms. The maximum absolute atomic E-state index is 12.8. The summed E-state index contributed by atoms with van der Waals surface area (Å²) in [7, 11) is 0. The van der Waals surface area contributed by atoms with Gasteiger partial charge in [-0.1, -0.05) is 12.1 Å². The Hall–Kier alpha value is -4.04. The lowest BCUT2D eigenvalue weighted by Crippen LogP contribution is -2.25. The molecule has 9 nitrogen and oxygen atoms in total. The zero-order chi connectivity index (χ0) is 25.9. The van der Waals surface area contributed by atoms with E-state index in [-0.39, 0.29) is 16.5 Å². The number of hydrazone groups is 1. The zero-order valence-electron chi connectivity index (χ0n) is 17.6. The van der Waals surface area contributed by atoms with Crippen LogP contribution < -0.4 is 10.7 Å². The van der Waals surface area contributed by atoms with Crippen LogP contribution in [0.2, 0.25) is 0 Å². The molecular weight excluding hydrogens is 509 g/mol. The van der Waals surface area contributed by atoms with E-state index in [2.05, 4.69) is 15.8 Å². The van der Waals surface area contributed by atoms with Gasteiger partial charge in [-0.3, -0.25) is 15.5 Å². The van der Waals surface area contributed by atoms with Crippen LogP contribution >= 0.6 is 23.6 Å². The van der Waals surface area contributed by atoms with E-state index in [1.165, 1.54) is 18.2 Å². The first-order valence-electron chi connectivity index (χ1n) is 9.50. The smallest absolute Gasteiger partial charge is 0.416 e. The van der Waals surface area contributed by atoms with Gasteiger partial charge in [0.2, 0.25) is 0 Å². The summed E-state index contributed by atoms with van der Waals surface area (Å²) in [6, 6.07) is 7.74. The van der Waals surface area contributed by atoms with Crippen LogP contribution in [-0.4, -0.2) is 31.9 Å². The lowest BCUT2D eigenvalue weighted by atomic mass is 10.1. The third-order valence-electron chi connectivity index (χ3n) is 4.64. The molecule has 0 saturated carbocycles. The van der Waals surface area contributed by atoms with Crippen molar-refractivity contribution in [3.63, 3.8) is 0 Å². The van der Waals surface area contributed by atoms with E-state index >= 15 is 0 Å². The number of thiocarbonyl (C=S) groups is 1. The fourth-order valence-corrected chi connectivity index (χ4v) is 4.09. The first-order chi connectivity index (χ1) is 16.4. The zero-order valence-corrected chi connectivity index (χ0v) is 19.2. The molecule has 0 radical (unpaired) electrons. The van der Waals surface area contributed by atoms with E-state index in [0.717, 1.165) is 35.6 Å². The fourth-order valence-electron chi connectivity index (χ4n) is 2.92. The molecule has 35 heavy (non-hydrogen) atoms. The van der Waals surface area contributed by atoms with Gasteiger partial charge in [-0.05, 0) is 49.0 Å². The SMILES string of the molecule is C/C(=N/NC(=S)Nc1ccc(C(=O)O)c([N+](=O)[O-])c1)c1csc(-c2ccc(C(F)(F)F)cc2)c1O. The molecular formula is C21H15F3N4O5S2. The minimum atomic E-state index is -4.47. The van der Waals surface area contributed by atoms with Crippen LogP contribution in [0.15, 0.2) is 52.9 Å². The second kappa shape index (κ2) is 10.1. The lowest BCUT2D eigenvalue weighted by molar-refractivity contribution is -0.385. The summed E-state index contributed by atoms with van der Waals surface area (Å²) >= 11 is 6.20. The predicted molar refractivity (Wildman–Crippen MR) is 128 cm³/mol. The summed E-state index contributed by atoms with van der Waals surface area (Å²) in [5.74, 6) is -1.62. The van der Waals surface area contributed by atoms with Crippen molar-refractivity contribution in [3.05, 3.63) is 74.6 Å². The van der Waals surface area contributed by atoms with Crippen LogP contribution in [0, 0.1) is 10.1 Å². The first kappa shape index (κ1) is 25.6. The predicted octanol–water partition coefficient (Wildman–Crippen LogP) is 5.46. The Morgan fingerprint density at radius 2 is 1.83 bits per heavy atom. The third-order valence-corrected chi connectivity index (χ3v) is 5.85. The number of hydrogen-bond donors (Lipinski definition) is 4. The molecule has 182 valence electrons. The Labute approximate surface area is 204 Å². The molecule has 0 fully saturated rings. The number of thiophene rings is 1. The second-order valence-electron chi connectivity index (χ2n) is 6.96.